The van der Waals surface area contributed by atoms with Crippen LogP contribution in [0, 0.1) is 11.6 Å². The van der Waals surface area contributed by atoms with E-state index in [9.17, 15) is 8.78 Å². The van der Waals surface area contributed by atoms with E-state index < -0.39 is 11.6 Å². The second-order valence-electron chi connectivity index (χ2n) is 5.49. The van der Waals surface area contributed by atoms with Gasteiger partial charge in [-0.3, -0.25) is 4.98 Å². The van der Waals surface area contributed by atoms with Crippen molar-refractivity contribution in [2.24, 2.45) is 0 Å². The van der Waals surface area contributed by atoms with Crippen LogP contribution in [0.5, 0.6) is 0 Å². The molecule has 4 rings (SSSR count). The minimum absolute atomic E-state index is 0.301. The monoisotopic (exact) mass is 281 g/mol. The number of para-hydroxylation sites is 1. The van der Waals surface area contributed by atoms with Crippen LogP contribution < -0.4 is 0 Å². The molecule has 1 aliphatic rings. The Labute approximate surface area is 121 Å². The van der Waals surface area contributed by atoms with E-state index in [1.807, 2.05) is 30.3 Å². The lowest BCUT2D eigenvalue weighted by atomic mass is 9.98. The predicted molar refractivity (Wildman–Crippen MR) is 79.1 cm³/mol. The molecule has 104 valence electrons. The van der Waals surface area contributed by atoms with Crippen LogP contribution in [0.15, 0.2) is 48.5 Å². The van der Waals surface area contributed by atoms with E-state index in [4.69, 9.17) is 0 Å². The van der Waals surface area contributed by atoms with Gasteiger partial charge in [0.25, 0.3) is 0 Å². The molecule has 0 bridgehead atoms. The minimum Gasteiger partial charge on any atom is -0.253 e. The number of rotatable bonds is 2. The summed E-state index contributed by atoms with van der Waals surface area (Å²) in [6, 6.07) is 13.8. The van der Waals surface area contributed by atoms with E-state index >= 15 is 0 Å². The Morgan fingerprint density at radius 2 is 1.71 bits per heavy atom. The molecule has 1 nitrogen and oxygen atoms in total. The largest absolute Gasteiger partial charge is 0.253 e. The zero-order valence-electron chi connectivity index (χ0n) is 11.3. The van der Waals surface area contributed by atoms with Crippen molar-refractivity contribution in [2.75, 3.05) is 0 Å². The summed E-state index contributed by atoms with van der Waals surface area (Å²) in [5, 5.41) is 0.853. The first-order valence-electron chi connectivity index (χ1n) is 7.08. The molecule has 3 heteroatoms. The zero-order chi connectivity index (χ0) is 14.4. The normalized spacial score (nSPS) is 14.6. The highest BCUT2D eigenvalue weighted by Crippen LogP contribution is 2.42. The second-order valence-corrected chi connectivity index (χ2v) is 5.49. The molecule has 0 aliphatic heterocycles. The maximum absolute atomic E-state index is 14.2. The lowest BCUT2D eigenvalue weighted by molar-refractivity contribution is 0.511. The third kappa shape index (κ3) is 2.09. The number of fused-ring (bicyclic) bond motifs is 1. The molecular formula is C18H13F2N. The van der Waals surface area contributed by atoms with Crippen molar-refractivity contribution in [3.05, 3.63) is 65.9 Å². The summed E-state index contributed by atoms with van der Waals surface area (Å²) in [7, 11) is 0. The highest BCUT2D eigenvalue weighted by atomic mass is 19.2. The first kappa shape index (κ1) is 12.5. The fourth-order valence-electron chi connectivity index (χ4n) is 2.72. The molecule has 0 unspecified atom stereocenters. The van der Waals surface area contributed by atoms with Crippen LogP contribution in [0.1, 0.15) is 24.5 Å². The van der Waals surface area contributed by atoms with E-state index in [-0.39, 0.29) is 0 Å². The smallest absolute Gasteiger partial charge is 0.166 e. The maximum Gasteiger partial charge on any atom is 0.166 e. The number of halogens is 2. The Morgan fingerprint density at radius 1 is 0.905 bits per heavy atom. The summed E-state index contributed by atoms with van der Waals surface area (Å²) in [6.07, 6.45) is 2.24. The Kier molecular flexibility index (Phi) is 2.74. The highest BCUT2D eigenvalue weighted by molar-refractivity contribution is 5.94. The van der Waals surface area contributed by atoms with Crippen LogP contribution in [0.2, 0.25) is 0 Å². The fraction of sp³-hybridized carbons (Fsp3) is 0.167. The number of hydrogen-bond donors (Lipinski definition) is 0. The van der Waals surface area contributed by atoms with Gasteiger partial charge in [-0.1, -0.05) is 30.3 Å². The summed E-state index contributed by atoms with van der Waals surface area (Å²) in [4.78, 5) is 4.66. The Balaban J connectivity index is 2.04. The molecule has 0 radical (unpaired) electrons. The molecule has 0 amide bonds. The predicted octanol–water partition coefficient (Wildman–Crippen LogP) is 5.06. The Morgan fingerprint density at radius 3 is 2.52 bits per heavy atom. The van der Waals surface area contributed by atoms with Gasteiger partial charge < -0.3 is 0 Å². The number of pyridine rings is 1. The van der Waals surface area contributed by atoms with Gasteiger partial charge in [0, 0.05) is 22.6 Å². The average molecular weight is 281 g/mol. The third-order valence-electron chi connectivity index (χ3n) is 3.97. The van der Waals surface area contributed by atoms with Crippen molar-refractivity contribution in [2.45, 2.75) is 18.8 Å². The fourth-order valence-corrected chi connectivity index (χ4v) is 2.72. The third-order valence-corrected chi connectivity index (χ3v) is 3.97. The summed E-state index contributed by atoms with van der Waals surface area (Å²) >= 11 is 0. The topological polar surface area (TPSA) is 12.9 Å². The zero-order valence-corrected chi connectivity index (χ0v) is 11.3. The quantitative estimate of drug-likeness (QED) is 0.640. The molecule has 3 aromatic rings. The van der Waals surface area contributed by atoms with Crippen LogP contribution in [0.25, 0.3) is 22.0 Å². The summed E-state index contributed by atoms with van der Waals surface area (Å²) in [5.41, 5.74) is 2.84. The van der Waals surface area contributed by atoms with E-state index in [1.165, 1.54) is 0 Å². The van der Waals surface area contributed by atoms with Gasteiger partial charge in [0.1, 0.15) is 0 Å². The van der Waals surface area contributed by atoms with Gasteiger partial charge in [-0.2, -0.15) is 0 Å². The van der Waals surface area contributed by atoms with Crippen molar-refractivity contribution < 1.29 is 8.78 Å². The van der Waals surface area contributed by atoms with Gasteiger partial charge in [0.15, 0.2) is 11.6 Å². The lowest BCUT2D eigenvalue weighted by Gasteiger charge is -2.10. The van der Waals surface area contributed by atoms with Gasteiger partial charge in [-0.25, -0.2) is 8.78 Å². The van der Waals surface area contributed by atoms with E-state index in [2.05, 4.69) is 4.98 Å². The minimum atomic E-state index is -0.818. The molecule has 0 spiro atoms. The van der Waals surface area contributed by atoms with Crippen molar-refractivity contribution in [1.29, 1.82) is 0 Å². The molecule has 1 aliphatic carbocycles. The van der Waals surface area contributed by atoms with Gasteiger partial charge >= 0.3 is 0 Å². The van der Waals surface area contributed by atoms with Crippen LogP contribution >= 0.6 is 0 Å². The van der Waals surface area contributed by atoms with Gasteiger partial charge in [0.05, 0.1) is 5.52 Å². The van der Waals surface area contributed by atoms with Crippen molar-refractivity contribution in [3.8, 4) is 11.1 Å². The van der Waals surface area contributed by atoms with Crippen LogP contribution in [-0.2, 0) is 0 Å². The summed E-state index contributed by atoms with van der Waals surface area (Å²) in [5.74, 6) is -1.15. The summed E-state index contributed by atoms with van der Waals surface area (Å²) < 4.78 is 27.7. The average Bonchev–Trinajstić information content (AvgIpc) is 3.34. The Bertz CT molecular complexity index is 838. The molecule has 0 saturated heterocycles. The number of nitrogens with zero attached hydrogens (tertiary/aromatic N) is 1. The molecule has 1 saturated carbocycles. The van der Waals surface area contributed by atoms with Crippen molar-refractivity contribution in [1.82, 2.24) is 4.98 Å². The Hall–Kier alpha value is -2.29. The van der Waals surface area contributed by atoms with Gasteiger partial charge in [-0.15, -0.1) is 0 Å². The number of aromatic nitrogens is 1. The molecule has 1 aromatic heterocycles. The molecule has 1 heterocycles. The van der Waals surface area contributed by atoms with Crippen molar-refractivity contribution in [3.63, 3.8) is 0 Å². The number of hydrogen-bond acceptors (Lipinski definition) is 1. The lowest BCUT2D eigenvalue weighted by Crippen LogP contribution is -1.94. The summed E-state index contributed by atoms with van der Waals surface area (Å²) in [6.45, 7) is 0. The van der Waals surface area contributed by atoms with Crippen LogP contribution in [-0.4, -0.2) is 4.98 Å². The second kappa shape index (κ2) is 4.62. The molecule has 21 heavy (non-hydrogen) atoms. The molecule has 1 fully saturated rings. The molecule has 0 N–H and O–H groups in total. The van der Waals surface area contributed by atoms with E-state index in [1.54, 1.807) is 12.1 Å². The first-order chi connectivity index (χ1) is 10.2. The highest BCUT2D eigenvalue weighted by Gasteiger charge is 2.26. The van der Waals surface area contributed by atoms with Crippen LogP contribution in [0.4, 0.5) is 8.78 Å². The standard InChI is InChI=1S/C18H13F2N/c19-15-6-3-5-13(18(15)20)14-10-17(11-8-9-11)21-16-7-2-1-4-12(14)16/h1-7,10-11H,8-9H2. The van der Waals surface area contributed by atoms with Crippen molar-refractivity contribution >= 4 is 10.9 Å². The number of benzene rings is 2. The maximum atomic E-state index is 14.2. The van der Waals surface area contributed by atoms with E-state index in [0.717, 1.165) is 41.1 Å². The molecule has 2 aromatic carbocycles. The van der Waals surface area contributed by atoms with Crippen LogP contribution in [0.3, 0.4) is 0 Å². The molecular weight excluding hydrogens is 268 g/mol. The van der Waals surface area contributed by atoms with E-state index in [0.29, 0.717) is 11.5 Å². The van der Waals surface area contributed by atoms with Gasteiger partial charge in [0.2, 0.25) is 0 Å². The first-order valence-corrected chi connectivity index (χ1v) is 7.08. The molecule has 0 atom stereocenters. The van der Waals surface area contributed by atoms with Gasteiger partial charge in [-0.05, 0) is 36.6 Å². The SMILES string of the molecule is Fc1cccc(-c2cc(C3CC3)nc3ccccc23)c1F.